The largest absolute Gasteiger partial charge is 0.490 e. The first-order chi connectivity index (χ1) is 12.5. The first-order valence-corrected chi connectivity index (χ1v) is 8.41. The van der Waals surface area contributed by atoms with Gasteiger partial charge >= 0.3 is 0 Å². The highest BCUT2D eigenvalue weighted by Crippen LogP contribution is 2.27. The van der Waals surface area contributed by atoms with Gasteiger partial charge in [0.05, 0.1) is 22.9 Å². The lowest BCUT2D eigenvalue weighted by Crippen LogP contribution is -2.39. The van der Waals surface area contributed by atoms with Gasteiger partial charge in [-0.15, -0.1) is 0 Å². The summed E-state index contributed by atoms with van der Waals surface area (Å²) >= 11 is 0. The zero-order valence-corrected chi connectivity index (χ0v) is 14.3. The van der Waals surface area contributed by atoms with Crippen LogP contribution in [0.1, 0.15) is 40.9 Å². The summed E-state index contributed by atoms with van der Waals surface area (Å²) in [6.07, 6.45) is 0.157. The number of likely N-dealkylation sites (tertiary alicyclic amines) is 1. The Labute approximate surface area is 149 Å². The number of carbonyl (C=O) groups excluding carboxylic acids is 1. The van der Waals surface area contributed by atoms with Crippen LogP contribution in [0.25, 0.3) is 0 Å². The fourth-order valence-corrected chi connectivity index (χ4v) is 3.12. The monoisotopic (exact) mass is 364 g/mol. The number of aryl methyl sites for hydroxylation is 1. The van der Waals surface area contributed by atoms with Crippen LogP contribution in [0, 0.1) is 12.7 Å². The molecule has 2 heterocycles. The number of ether oxygens (including phenoxy) is 1. The van der Waals surface area contributed by atoms with Gasteiger partial charge in [-0.3, -0.25) is 9.78 Å². The van der Waals surface area contributed by atoms with Crippen molar-refractivity contribution in [1.82, 2.24) is 9.88 Å². The van der Waals surface area contributed by atoms with Crippen LogP contribution < -0.4 is 4.74 Å². The summed E-state index contributed by atoms with van der Waals surface area (Å²) < 4.78 is 45.8. The molecule has 1 amide bonds. The summed E-state index contributed by atoms with van der Waals surface area (Å²) in [7, 11) is 0. The van der Waals surface area contributed by atoms with Crippen LogP contribution in [-0.4, -0.2) is 35.0 Å². The van der Waals surface area contributed by atoms with Crippen molar-refractivity contribution in [3.05, 3.63) is 59.2 Å². The summed E-state index contributed by atoms with van der Waals surface area (Å²) in [5.41, 5.74) is -0.347. The fraction of sp³-hybridized carbons (Fsp3) is 0.368. The SMILES string of the molecule is Cc1ncccc1OCC1CCCN1C(=O)c1cccc(C(F)F)c1F. The highest BCUT2D eigenvalue weighted by molar-refractivity contribution is 5.95. The van der Waals surface area contributed by atoms with Gasteiger partial charge in [-0.05, 0) is 38.0 Å². The highest BCUT2D eigenvalue weighted by atomic mass is 19.3. The smallest absolute Gasteiger partial charge is 0.266 e. The molecule has 7 heteroatoms. The molecular formula is C19H19F3N2O2. The number of nitrogens with zero attached hydrogens (tertiary/aromatic N) is 2. The van der Waals surface area contributed by atoms with Crippen molar-refractivity contribution in [1.29, 1.82) is 0 Å². The van der Waals surface area contributed by atoms with E-state index >= 15 is 0 Å². The topological polar surface area (TPSA) is 42.4 Å². The predicted molar refractivity (Wildman–Crippen MR) is 89.9 cm³/mol. The number of aromatic nitrogens is 1. The molecule has 1 aromatic carbocycles. The molecule has 1 aliphatic rings. The van der Waals surface area contributed by atoms with Crippen LogP contribution in [0.2, 0.25) is 0 Å². The van der Waals surface area contributed by atoms with Crippen LogP contribution in [-0.2, 0) is 0 Å². The predicted octanol–water partition coefficient (Wildman–Crippen LogP) is 4.15. The lowest BCUT2D eigenvalue weighted by atomic mass is 10.1. The molecule has 0 N–H and O–H groups in total. The van der Waals surface area contributed by atoms with E-state index in [1.807, 2.05) is 6.92 Å². The van der Waals surface area contributed by atoms with Gasteiger partial charge in [0.2, 0.25) is 0 Å². The van der Waals surface area contributed by atoms with Crippen molar-refractivity contribution in [3.8, 4) is 5.75 Å². The summed E-state index contributed by atoms with van der Waals surface area (Å²) in [5.74, 6) is -1.11. The minimum atomic E-state index is -2.96. The Morgan fingerprint density at radius 2 is 2.15 bits per heavy atom. The van der Waals surface area contributed by atoms with Gasteiger partial charge in [-0.25, -0.2) is 13.2 Å². The number of pyridine rings is 1. The van der Waals surface area contributed by atoms with E-state index in [9.17, 15) is 18.0 Å². The highest BCUT2D eigenvalue weighted by Gasteiger charge is 2.32. The van der Waals surface area contributed by atoms with Gasteiger partial charge in [-0.1, -0.05) is 12.1 Å². The van der Waals surface area contributed by atoms with Gasteiger partial charge in [0, 0.05) is 12.7 Å². The van der Waals surface area contributed by atoms with Crippen molar-refractivity contribution in [2.75, 3.05) is 13.2 Å². The van der Waals surface area contributed by atoms with Gasteiger partial charge in [0.15, 0.2) is 0 Å². The molecule has 0 spiro atoms. The van der Waals surface area contributed by atoms with Crippen LogP contribution >= 0.6 is 0 Å². The number of hydrogen-bond donors (Lipinski definition) is 0. The zero-order chi connectivity index (χ0) is 18.7. The Morgan fingerprint density at radius 1 is 1.35 bits per heavy atom. The van der Waals surface area contributed by atoms with E-state index in [2.05, 4.69) is 4.98 Å². The number of benzene rings is 1. The first kappa shape index (κ1) is 18.2. The second-order valence-corrected chi connectivity index (χ2v) is 6.20. The van der Waals surface area contributed by atoms with Crippen LogP contribution in [0.15, 0.2) is 36.5 Å². The number of alkyl halides is 2. The maximum atomic E-state index is 14.3. The first-order valence-electron chi connectivity index (χ1n) is 8.41. The van der Waals surface area contributed by atoms with Gasteiger partial charge in [0.1, 0.15) is 18.2 Å². The maximum absolute atomic E-state index is 14.3. The van der Waals surface area contributed by atoms with E-state index < -0.39 is 23.7 Å². The Morgan fingerprint density at radius 3 is 2.88 bits per heavy atom. The molecule has 4 nitrogen and oxygen atoms in total. The van der Waals surface area contributed by atoms with E-state index in [0.29, 0.717) is 18.7 Å². The lowest BCUT2D eigenvalue weighted by Gasteiger charge is -2.25. The summed E-state index contributed by atoms with van der Waals surface area (Å²) in [6, 6.07) is 6.81. The summed E-state index contributed by atoms with van der Waals surface area (Å²) in [6.45, 7) is 2.50. The number of rotatable bonds is 5. The Kier molecular flexibility index (Phi) is 5.44. The molecule has 1 atom stereocenters. The molecule has 0 aliphatic carbocycles. The molecule has 0 bridgehead atoms. The maximum Gasteiger partial charge on any atom is 0.266 e. The third kappa shape index (κ3) is 3.66. The number of hydrogen-bond acceptors (Lipinski definition) is 3. The van der Waals surface area contributed by atoms with Gasteiger partial charge in [0.25, 0.3) is 12.3 Å². The molecule has 3 rings (SSSR count). The van der Waals surface area contributed by atoms with Gasteiger partial charge < -0.3 is 9.64 Å². The second-order valence-electron chi connectivity index (χ2n) is 6.20. The average Bonchev–Trinajstić information content (AvgIpc) is 3.09. The minimum Gasteiger partial charge on any atom is -0.490 e. The third-order valence-corrected chi connectivity index (χ3v) is 4.52. The summed E-state index contributed by atoms with van der Waals surface area (Å²) in [4.78, 5) is 18.3. The molecule has 0 radical (unpaired) electrons. The van der Waals surface area contributed by atoms with E-state index in [0.717, 1.165) is 18.2 Å². The molecule has 0 saturated carbocycles. The molecule has 1 fully saturated rings. The van der Waals surface area contributed by atoms with Crippen LogP contribution in [0.5, 0.6) is 5.75 Å². The van der Waals surface area contributed by atoms with Crippen LogP contribution in [0.4, 0.5) is 13.2 Å². The number of amides is 1. The standard InChI is InChI=1S/C19H19F3N2O2/c1-12-16(8-3-9-23-12)26-11-13-5-4-10-24(13)19(25)15-7-2-6-14(17(15)20)18(21)22/h2-3,6-9,13,18H,4-5,10-11H2,1H3. The molecule has 1 aromatic heterocycles. The van der Waals surface area contributed by atoms with Crippen molar-refractivity contribution in [3.63, 3.8) is 0 Å². The van der Waals surface area contributed by atoms with E-state index in [1.165, 1.54) is 17.0 Å². The molecule has 1 unspecified atom stereocenters. The van der Waals surface area contributed by atoms with Crippen molar-refractivity contribution in [2.24, 2.45) is 0 Å². The fourth-order valence-electron chi connectivity index (χ4n) is 3.12. The number of halogens is 3. The van der Waals surface area contributed by atoms with Crippen molar-refractivity contribution in [2.45, 2.75) is 32.2 Å². The zero-order valence-electron chi connectivity index (χ0n) is 14.3. The van der Waals surface area contributed by atoms with Crippen LogP contribution in [0.3, 0.4) is 0 Å². The van der Waals surface area contributed by atoms with E-state index in [1.54, 1.807) is 18.3 Å². The summed E-state index contributed by atoms with van der Waals surface area (Å²) in [5, 5.41) is 0. The average molecular weight is 364 g/mol. The second kappa shape index (κ2) is 7.76. The Balaban J connectivity index is 1.75. The molecular weight excluding hydrogens is 345 g/mol. The lowest BCUT2D eigenvalue weighted by molar-refractivity contribution is 0.0685. The minimum absolute atomic E-state index is 0.239. The third-order valence-electron chi connectivity index (χ3n) is 4.52. The molecule has 1 saturated heterocycles. The normalized spacial score (nSPS) is 17.0. The number of carbonyl (C=O) groups is 1. The molecule has 1 aliphatic heterocycles. The van der Waals surface area contributed by atoms with Gasteiger partial charge in [-0.2, -0.15) is 0 Å². The Bertz CT molecular complexity index is 798. The Hall–Kier alpha value is -2.57. The molecule has 26 heavy (non-hydrogen) atoms. The van der Waals surface area contributed by atoms with Crippen molar-refractivity contribution >= 4 is 5.91 Å². The van der Waals surface area contributed by atoms with E-state index in [-0.39, 0.29) is 18.2 Å². The molecule has 2 aromatic rings. The quantitative estimate of drug-likeness (QED) is 0.800. The molecule has 138 valence electrons. The van der Waals surface area contributed by atoms with E-state index in [4.69, 9.17) is 4.74 Å². The van der Waals surface area contributed by atoms with Crippen molar-refractivity contribution < 1.29 is 22.7 Å².